The minimum Gasteiger partial charge on any atom is -0.330 e. The summed E-state index contributed by atoms with van der Waals surface area (Å²) in [6, 6.07) is 8.83. The number of nitrogens with zero attached hydrogens (tertiary/aromatic N) is 2. The van der Waals surface area contributed by atoms with Crippen LogP contribution in [-0.4, -0.2) is 16.1 Å². The van der Waals surface area contributed by atoms with Gasteiger partial charge in [-0.1, -0.05) is 25.5 Å². The zero-order valence-corrected chi connectivity index (χ0v) is 10.7. The maximum absolute atomic E-state index is 5.67. The van der Waals surface area contributed by atoms with E-state index in [-0.39, 0.29) is 0 Å². The largest absolute Gasteiger partial charge is 0.330 e. The van der Waals surface area contributed by atoms with Crippen LogP contribution in [0, 0.1) is 0 Å². The van der Waals surface area contributed by atoms with Gasteiger partial charge in [0.1, 0.15) is 5.82 Å². The highest BCUT2D eigenvalue weighted by atomic mass is 15.1. The Morgan fingerprint density at radius 3 is 2.82 bits per heavy atom. The van der Waals surface area contributed by atoms with Crippen molar-refractivity contribution in [1.82, 2.24) is 9.55 Å². The molecule has 2 rings (SSSR count). The lowest BCUT2D eigenvalue weighted by Gasteiger charge is -2.16. The van der Waals surface area contributed by atoms with Crippen LogP contribution in [0.4, 0.5) is 0 Å². The van der Waals surface area contributed by atoms with Gasteiger partial charge < -0.3 is 10.3 Å². The maximum atomic E-state index is 5.67. The Hall–Kier alpha value is -1.35. The molecule has 2 N–H and O–H groups in total. The lowest BCUT2D eigenvalue weighted by molar-refractivity contribution is 0.494. The number of rotatable bonds is 5. The number of aromatic nitrogens is 2. The second kappa shape index (κ2) is 5.32. The molecule has 3 heteroatoms. The molecule has 1 unspecified atom stereocenters. The number of para-hydroxylation sites is 2. The van der Waals surface area contributed by atoms with E-state index < -0.39 is 0 Å². The van der Waals surface area contributed by atoms with Crippen LogP contribution in [0.25, 0.3) is 11.0 Å². The summed E-state index contributed by atoms with van der Waals surface area (Å²) in [6.45, 7) is 5.14. The molecular weight excluding hydrogens is 210 g/mol. The quantitative estimate of drug-likeness (QED) is 0.860. The molecule has 3 nitrogen and oxygen atoms in total. The first-order valence-electron chi connectivity index (χ1n) is 6.43. The third kappa shape index (κ3) is 2.34. The van der Waals surface area contributed by atoms with Gasteiger partial charge in [0.2, 0.25) is 0 Å². The van der Waals surface area contributed by atoms with Gasteiger partial charge in [0.25, 0.3) is 0 Å². The van der Waals surface area contributed by atoms with Gasteiger partial charge in [0.15, 0.2) is 0 Å². The molecular formula is C14H21N3. The Labute approximate surface area is 103 Å². The third-order valence-corrected chi connectivity index (χ3v) is 3.18. The number of imidazole rings is 1. The molecule has 1 atom stereocenters. The van der Waals surface area contributed by atoms with Crippen LogP contribution in [0.1, 0.15) is 38.6 Å². The SMILES string of the molecule is CCCC(C)n1c(CCN)nc2ccccc21. The second-order valence-electron chi connectivity index (χ2n) is 4.56. The van der Waals surface area contributed by atoms with Gasteiger partial charge in [-0.25, -0.2) is 4.98 Å². The summed E-state index contributed by atoms with van der Waals surface area (Å²) >= 11 is 0. The fraction of sp³-hybridized carbons (Fsp3) is 0.500. The summed E-state index contributed by atoms with van der Waals surface area (Å²) in [5.41, 5.74) is 7.99. The summed E-state index contributed by atoms with van der Waals surface area (Å²) in [7, 11) is 0. The first-order chi connectivity index (χ1) is 8.27. The van der Waals surface area contributed by atoms with Crippen molar-refractivity contribution in [1.29, 1.82) is 0 Å². The zero-order chi connectivity index (χ0) is 12.3. The van der Waals surface area contributed by atoms with Gasteiger partial charge in [-0.2, -0.15) is 0 Å². The molecule has 0 aliphatic rings. The number of hydrogen-bond donors (Lipinski definition) is 1. The molecule has 0 spiro atoms. The Morgan fingerprint density at radius 1 is 1.35 bits per heavy atom. The molecule has 1 aromatic carbocycles. The molecule has 0 fully saturated rings. The highest BCUT2D eigenvalue weighted by molar-refractivity contribution is 5.76. The summed E-state index contributed by atoms with van der Waals surface area (Å²) in [5, 5.41) is 0. The first kappa shape index (κ1) is 12.1. The average molecular weight is 231 g/mol. The van der Waals surface area contributed by atoms with Crippen LogP contribution < -0.4 is 5.73 Å². The predicted molar refractivity (Wildman–Crippen MR) is 72.1 cm³/mol. The summed E-state index contributed by atoms with van der Waals surface area (Å²) in [5.74, 6) is 1.12. The molecule has 92 valence electrons. The molecule has 0 radical (unpaired) electrons. The highest BCUT2D eigenvalue weighted by Crippen LogP contribution is 2.23. The van der Waals surface area contributed by atoms with Gasteiger partial charge in [0.05, 0.1) is 11.0 Å². The normalized spacial score (nSPS) is 13.1. The topological polar surface area (TPSA) is 43.8 Å². The number of fused-ring (bicyclic) bond motifs is 1. The fourth-order valence-corrected chi connectivity index (χ4v) is 2.44. The minimum atomic E-state index is 0.494. The van der Waals surface area contributed by atoms with Crippen LogP contribution in [0.3, 0.4) is 0 Å². The van der Waals surface area contributed by atoms with Crippen LogP contribution in [0.15, 0.2) is 24.3 Å². The van der Waals surface area contributed by atoms with E-state index in [0.717, 1.165) is 17.8 Å². The fourth-order valence-electron chi connectivity index (χ4n) is 2.44. The van der Waals surface area contributed by atoms with E-state index >= 15 is 0 Å². The molecule has 0 saturated heterocycles. The van der Waals surface area contributed by atoms with Crippen molar-refractivity contribution in [3.63, 3.8) is 0 Å². The van der Waals surface area contributed by atoms with Crippen molar-refractivity contribution in [3.8, 4) is 0 Å². The van der Waals surface area contributed by atoms with E-state index in [0.29, 0.717) is 12.6 Å². The van der Waals surface area contributed by atoms with Crippen LogP contribution in [0.2, 0.25) is 0 Å². The number of nitrogens with two attached hydrogens (primary N) is 1. The second-order valence-corrected chi connectivity index (χ2v) is 4.56. The van der Waals surface area contributed by atoms with E-state index in [2.05, 4.69) is 41.6 Å². The predicted octanol–water partition coefficient (Wildman–Crippen LogP) is 2.90. The lowest BCUT2D eigenvalue weighted by Crippen LogP contribution is -2.13. The molecule has 0 amide bonds. The Morgan fingerprint density at radius 2 is 2.12 bits per heavy atom. The van der Waals surface area contributed by atoms with E-state index in [4.69, 9.17) is 5.73 Å². The minimum absolute atomic E-state index is 0.494. The zero-order valence-electron chi connectivity index (χ0n) is 10.7. The van der Waals surface area contributed by atoms with Gasteiger partial charge in [0, 0.05) is 12.5 Å². The van der Waals surface area contributed by atoms with E-state index in [9.17, 15) is 0 Å². The maximum Gasteiger partial charge on any atom is 0.111 e. The standard InChI is InChI=1S/C14H21N3/c1-3-6-11(2)17-13-8-5-4-7-12(13)16-14(17)9-10-15/h4-5,7-8,11H,3,6,9-10,15H2,1-2H3. The number of benzene rings is 1. The van der Waals surface area contributed by atoms with Crippen molar-refractivity contribution >= 4 is 11.0 Å². The Bertz CT molecular complexity index is 487. The molecule has 0 aliphatic carbocycles. The van der Waals surface area contributed by atoms with Crippen molar-refractivity contribution in [3.05, 3.63) is 30.1 Å². The van der Waals surface area contributed by atoms with E-state index in [1.807, 2.05) is 6.07 Å². The van der Waals surface area contributed by atoms with Crippen LogP contribution in [-0.2, 0) is 6.42 Å². The molecule has 1 aromatic heterocycles. The number of hydrogen-bond acceptors (Lipinski definition) is 2. The summed E-state index contributed by atoms with van der Waals surface area (Å²) in [4.78, 5) is 4.69. The van der Waals surface area contributed by atoms with Gasteiger partial charge in [-0.05, 0) is 32.0 Å². The average Bonchev–Trinajstić information content (AvgIpc) is 2.67. The molecule has 0 bridgehead atoms. The van der Waals surface area contributed by atoms with Crippen molar-refractivity contribution in [2.75, 3.05) is 6.54 Å². The van der Waals surface area contributed by atoms with E-state index in [1.54, 1.807) is 0 Å². The third-order valence-electron chi connectivity index (χ3n) is 3.18. The lowest BCUT2D eigenvalue weighted by atomic mass is 10.2. The van der Waals surface area contributed by atoms with Crippen molar-refractivity contribution in [2.24, 2.45) is 5.73 Å². The highest BCUT2D eigenvalue weighted by Gasteiger charge is 2.14. The molecule has 0 aliphatic heterocycles. The molecule has 17 heavy (non-hydrogen) atoms. The molecule has 2 aromatic rings. The van der Waals surface area contributed by atoms with Crippen LogP contribution in [0.5, 0.6) is 0 Å². The van der Waals surface area contributed by atoms with Crippen molar-refractivity contribution in [2.45, 2.75) is 39.2 Å². The molecule has 0 saturated carbocycles. The van der Waals surface area contributed by atoms with Crippen LogP contribution >= 0.6 is 0 Å². The van der Waals surface area contributed by atoms with Gasteiger partial charge >= 0.3 is 0 Å². The monoisotopic (exact) mass is 231 g/mol. The smallest absolute Gasteiger partial charge is 0.111 e. The van der Waals surface area contributed by atoms with Gasteiger partial charge in [-0.15, -0.1) is 0 Å². The van der Waals surface area contributed by atoms with Crippen molar-refractivity contribution < 1.29 is 0 Å². The Kier molecular flexibility index (Phi) is 3.79. The van der Waals surface area contributed by atoms with Gasteiger partial charge in [-0.3, -0.25) is 0 Å². The summed E-state index contributed by atoms with van der Waals surface area (Å²) < 4.78 is 2.35. The Balaban J connectivity index is 2.51. The first-order valence-corrected chi connectivity index (χ1v) is 6.43. The van der Waals surface area contributed by atoms with E-state index in [1.165, 1.54) is 18.4 Å². The molecule has 1 heterocycles. The summed E-state index contributed by atoms with van der Waals surface area (Å²) in [6.07, 6.45) is 3.22.